The lowest BCUT2D eigenvalue weighted by atomic mass is 9.88. The maximum absolute atomic E-state index is 12.2. The number of amides is 1. The first-order valence-electron chi connectivity index (χ1n) is 8.84. The van der Waals surface area contributed by atoms with Gasteiger partial charge >= 0.3 is 5.97 Å². The van der Waals surface area contributed by atoms with Gasteiger partial charge in [-0.15, -0.1) is 11.8 Å². The number of carbonyl (C=O) groups excluding carboxylic acids is 2. The molecule has 1 N–H and O–H groups in total. The number of nitrogens with one attached hydrogen (secondary N) is 1. The first-order chi connectivity index (χ1) is 12.6. The van der Waals surface area contributed by atoms with Gasteiger partial charge in [0.15, 0.2) is 6.61 Å². The molecule has 5 heteroatoms. The third-order valence-corrected chi connectivity index (χ3v) is 5.66. The third-order valence-electron chi connectivity index (χ3n) is 4.51. The lowest BCUT2D eigenvalue weighted by Gasteiger charge is -2.26. The summed E-state index contributed by atoms with van der Waals surface area (Å²) in [4.78, 5) is 25.1. The van der Waals surface area contributed by atoms with Crippen molar-refractivity contribution in [2.75, 3.05) is 12.4 Å². The van der Waals surface area contributed by atoms with Crippen LogP contribution < -0.4 is 5.32 Å². The second-order valence-electron chi connectivity index (χ2n) is 6.43. The molecule has 1 aliphatic carbocycles. The van der Waals surface area contributed by atoms with Crippen LogP contribution in [0.4, 0.5) is 0 Å². The van der Waals surface area contributed by atoms with Crippen molar-refractivity contribution in [2.24, 2.45) is 0 Å². The van der Waals surface area contributed by atoms with Crippen molar-refractivity contribution in [3.63, 3.8) is 0 Å². The molecule has 2 aromatic rings. The minimum atomic E-state index is -0.377. The number of esters is 1. The molecule has 0 saturated heterocycles. The molecule has 1 aliphatic rings. The Hall–Kier alpha value is -2.27. The SMILES string of the molecule is Cc1ccccc1SCC(=O)OCC(=O)N[C@H]1CCCc2ccccc21. The standard InChI is InChI=1S/C21H23NO3S/c1-15-7-2-5-12-19(15)26-14-21(24)25-13-20(23)22-18-11-6-9-16-8-3-4-10-17(16)18/h2-5,7-8,10,12,18H,6,9,11,13-14H2,1H3,(H,22,23)/t18-/m0/s1. The predicted molar refractivity (Wildman–Crippen MR) is 103 cm³/mol. The summed E-state index contributed by atoms with van der Waals surface area (Å²) in [7, 11) is 0. The third kappa shape index (κ3) is 4.88. The van der Waals surface area contributed by atoms with Gasteiger partial charge in [-0.3, -0.25) is 9.59 Å². The van der Waals surface area contributed by atoms with Gasteiger partial charge in [-0.1, -0.05) is 42.5 Å². The average molecular weight is 369 g/mol. The first kappa shape index (κ1) is 18.5. The molecule has 136 valence electrons. The normalized spacial score (nSPS) is 15.8. The van der Waals surface area contributed by atoms with E-state index in [0.717, 1.165) is 29.7 Å². The van der Waals surface area contributed by atoms with Gasteiger partial charge in [-0.2, -0.15) is 0 Å². The Morgan fingerprint density at radius 3 is 2.77 bits per heavy atom. The van der Waals surface area contributed by atoms with E-state index in [1.165, 1.54) is 22.9 Å². The Labute approximate surface area is 158 Å². The van der Waals surface area contributed by atoms with Crippen LogP contribution in [0, 0.1) is 6.92 Å². The summed E-state index contributed by atoms with van der Waals surface area (Å²) in [5.41, 5.74) is 3.59. The van der Waals surface area contributed by atoms with Gasteiger partial charge in [0.25, 0.3) is 5.91 Å². The van der Waals surface area contributed by atoms with Gasteiger partial charge in [-0.25, -0.2) is 0 Å². The summed E-state index contributed by atoms with van der Waals surface area (Å²) < 4.78 is 5.12. The van der Waals surface area contributed by atoms with E-state index in [4.69, 9.17) is 4.74 Å². The minimum Gasteiger partial charge on any atom is -0.455 e. The van der Waals surface area contributed by atoms with Crippen molar-refractivity contribution in [3.8, 4) is 0 Å². The molecule has 0 radical (unpaired) electrons. The molecule has 26 heavy (non-hydrogen) atoms. The number of ether oxygens (including phenoxy) is 1. The van der Waals surface area contributed by atoms with E-state index in [2.05, 4.69) is 17.4 Å². The number of rotatable bonds is 6. The molecule has 1 amide bonds. The van der Waals surface area contributed by atoms with Crippen LogP contribution in [-0.4, -0.2) is 24.2 Å². The van der Waals surface area contributed by atoms with Crippen molar-refractivity contribution >= 4 is 23.6 Å². The molecule has 3 rings (SSSR count). The first-order valence-corrected chi connectivity index (χ1v) is 9.83. The van der Waals surface area contributed by atoms with Crippen LogP contribution in [0.1, 0.15) is 35.6 Å². The van der Waals surface area contributed by atoms with E-state index >= 15 is 0 Å². The smallest absolute Gasteiger partial charge is 0.316 e. The minimum absolute atomic E-state index is 0.00694. The van der Waals surface area contributed by atoms with Gasteiger partial charge in [0.1, 0.15) is 0 Å². The Balaban J connectivity index is 1.44. The van der Waals surface area contributed by atoms with Gasteiger partial charge in [0, 0.05) is 4.90 Å². The lowest BCUT2D eigenvalue weighted by Crippen LogP contribution is -2.34. The van der Waals surface area contributed by atoms with Crippen LogP contribution in [0.3, 0.4) is 0 Å². The lowest BCUT2D eigenvalue weighted by molar-refractivity contribution is -0.146. The molecule has 0 aliphatic heterocycles. The fraction of sp³-hybridized carbons (Fsp3) is 0.333. The van der Waals surface area contributed by atoms with Gasteiger partial charge in [0.2, 0.25) is 0 Å². The molecule has 0 bridgehead atoms. The zero-order valence-corrected chi connectivity index (χ0v) is 15.7. The molecule has 1 atom stereocenters. The molecule has 4 nitrogen and oxygen atoms in total. The molecular formula is C21H23NO3S. The van der Waals surface area contributed by atoms with Crippen molar-refractivity contribution in [2.45, 2.75) is 37.1 Å². The monoisotopic (exact) mass is 369 g/mol. The summed E-state index contributed by atoms with van der Waals surface area (Å²) in [6, 6.07) is 16.1. The van der Waals surface area contributed by atoms with Gasteiger partial charge in [0.05, 0.1) is 11.8 Å². The highest BCUT2D eigenvalue weighted by molar-refractivity contribution is 8.00. The Bertz CT molecular complexity index is 790. The Morgan fingerprint density at radius 2 is 1.92 bits per heavy atom. The largest absolute Gasteiger partial charge is 0.455 e. The Morgan fingerprint density at radius 1 is 1.15 bits per heavy atom. The van der Waals surface area contributed by atoms with Gasteiger partial charge < -0.3 is 10.1 Å². The number of fused-ring (bicyclic) bond motifs is 1. The topological polar surface area (TPSA) is 55.4 Å². The maximum atomic E-state index is 12.2. The van der Waals surface area contributed by atoms with Crippen molar-refractivity contribution < 1.29 is 14.3 Å². The molecule has 0 aromatic heterocycles. The van der Waals surface area contributed by atoms with Crippen LogP contribution in [-0.2, 0) is 20.7 Å². The summed E-state index contributed by atoms with van der Waals surface area (Å²) in [6.45, 7) is 1.77. The van der Waals surface area contributed by atoms with E-state index in [0.29, 0.717) is 0 Å². The molecule has 0 fully saturated rings. The summed E-state index contributed by atoms with van der Waals surface area (Å²) in [5, 5.41) is 2.99. The van der Waals surface area contributed by atoms with E-state index in [9.17, 15) is 9.59 Å². The van der Waals surface area contributed by atoms with Crippen LogP contribution >= 0.6 is 11.8 Å². The van der Waals surface area contributed by atoms with E-state index in [1.54, 1.807) is 0 Å². The number of hydrogen-bond acceptors (Lipinski definition) is 4. The van der Waals surface area contributed by atoms with Crippen LogP contribution in [0.15, 0.2) is 53.4 Å². The predicted octanol–water partition coefficient (Wildman–Crippen LogP) is 3.82. The van der Waals surface area contributed by atoms with Crippen LogP contribution in [0.2, 0.25) is 0 Å². The fourth-order valence-corrected chi connectivity index (χ4v) is 4.01. The Kier molecular flexibility index (Phi) is 6.34. The van der Waals surface area contributed by atoms with Crippen LogP contribution in [0.5, 0.6) is 0 Å². The summed E-state index contributed by atoms with van der Waals surface area (Å²) >= 11 is 1.43. The molecule has 0 heterocycles. The number of thioether (sulfide) groups is 1. The summed E-state index contributed by atoms with van der Waals surface area (Å²) in [5.74, 6) is -0.428. The van der Waals surface area contributed by atoms with Gasteiger partial charge in [-0.05, 0) is 48.9 Å². The van der Waals surface area contributed by atoms with E-state index in [-0.39, 0.29) is 30.3 Å². The van der Waals surface area contributed by atoms with Crippen molar-refractivity contribution in [3.05, 3.63) is 65.2 Å². The number of hydrogen-bond donors (Lipinski definition) is 1. The maximum Gasteiger partial charge on any atom is 0.316 e. The molecule has 0 unspecified atom stereocenters. The second kappa shape index (κ2) is 8.90. The number of aryl methyl sites for hydroxylation is 2. The van der Waals surface area contributed by atoms with E-state index < -0.39 is 0 Å². The quantitative estimate of drug-likeness (QED) is 0.621. The van der Waals surface area contributed by atoms with Crippen molar-refractivity contribution in [1.29, 1.82) is 0 Å². The highest BCUT2D eigenvalue weighted by atomic mass is 32.2. The highest BCUT2D eigenvalue weighted by Gasteiger charge is 2.21. The molecular weight excluding hydrogens is 346 g/mol. The van der Waals surface area contributed by atoms with Crippen LogP contribution in [0.25, 0.3) is 0 Å². The molecule has 2 aromatic carbocycles. The zero-order chi connectivity index (χ0) is 18.4. The molecule has 0 saturated carbocycles. The average Bonchev–Trinajstić information content (AvgIpc) is 2.66. The zero-order valence-electron chi connectivity index (χ0n) is 14.9. The van der Waals surface area contributed by atoms with Crippen molar-refractivity contribution in [1.82, 2.24) is 5.32 Å². The molecule has 0 spiro atoms. The second-order valence-corrected chi connectivity index (χ2v) is 7.44. The fourth-order valence-electron chi connectivity index (χ4n) is 3.18. The van der Waals surface area contributed by atoms with E-state index in [1.807, 2.05) is 43.3 Å². The summed E-state index contributed by atoms with van der Waals surface area (Å²) in [6.07, 6.45) is 3.02. The number of carbonyl (C=O) groups is 2. The number of benzene rings is 2. The highest BCUT2D eigenvalue weighted by Crippen LogP contribution is 2.29.